The van der Waals surface area contributed by atoms with Crippen LogP contribution in [-0.2, 0) is 18.3 Å². The summed E-state index contributed by atoms with van der Waals surface area (Å²) in [6, 6.07) is 0. The first-order chi connectivity index (χ1) is 14.1. The summed E-state index contributed by atoms with van der Waals surface area (Å²) in [4.78, 5) is 0. The standard InChI is InChI=1S/C24H51O4P/c1-5-7-9-10-11-12-13-14-15-16-17-18-20-27-29(25,22-8-6-2)28-23-24(3)19-21-26-4/h24H,5-23H2,1-4H3. The summed E-state index contributed by atoms with van der Waals surface area (Å²) in [5.74, 6) is 0.333. The molecule has 4 nitrogen and oxygen atoms in total. The Morgan fingerprint density at radius 2 is 1.21 bits per heavy atom. The first kappa shape index (κ1) is 29.1. The third-order valence-corrected chi connectivity index (χ3v) is 7.42. The molecule has 0 aromatic carbocycles. The van der Waals surface area contributed by atoms with Gasteiger partial charge in [-0.25, -0.2) is 0 Å². The molecule has 2 unspecified atom stereocenters. The lowest BCUT2D eigenvalue weighted by atomic mass is 10.1. The summed E-state index contributed by atoms with van der Waals surface area (Å²) < 4.78 is 29.6. The van der Waals surface area contributed by atoms with Gasteiger partial charge >= 0.3 is 7.60 Å². The highest BCUT2D eigenvalue weighted by molar-refractivity contribution is 7.53. The summed E-state index contributed by atoms with van der Waals surface area (Å²) >= 11 is 0. The molecule has 0 amide bonds. The molecule has 0 aliphatic heterocycles. The van der Waals surface area contributed by atoms with E-state index in [1.54, 1.807) is 7.11 Å². The zero-order chi connectivity index (χ0) is 21.6. The predicted molar refractivity (Wildman–Crippen MR) is 126 cm³/mol. The van der Waals surface area contributed by atoms with Gasteiger partial charge in [-0.15, -0.1) is 0 Å². The number of hydrogen-bond acceptors (Lipinski definition) is 4. The Kier molecular flexibility index (Phi) is 21.4. The average molecular weight is 435 g/mol. The fraction of sp³-hybridized carbons (Fsp3) is 1.00. The average Bonchev–Trinajstić information content (AvgIpc) is 2.72. The monoisotopic (exact) mass is 434 g/mol. The second-order valence-electron chi connectivity index (χ2n) is 8.59. The van der Waals surface area contributed by atoms with Gasteiger partial charge in [0.15, 0.2) is 0 Å². The highest BCUT2D eigenvalue weighted by Gasteiger charge is 2.24. The topological polar surface area (TPSA) is 44.8 Å². The summed E-state index contributed by atoms with van der Waals surface area (Å²) in [6.45, 7) is 8.25. The Morgan fingerprint density at radius 1 is 0.690 bits per heavy atom. The largest absolute Gasteiger partial charge is 0.385 e. The van der Waals surface area contributed by atoms with E-state index in [1.807, 2.05) is 0 Å². The SMILES string of the molecule is CCCCCCCCCCCCCCOP(=O)(CCCC)OCC(C)CCOC. The number of hydrogen-bond donors (Lipinski definition) is 0. The minimum absolute atomic E-state index is 0.333. The van der Waals surface area contributed by atoms with Crippen LogP contribution in [0, 0.1) is 5.92 Å². The lowest BCUT2D eigenvalue weighted by Crippen LogP contribution is -2.10. The first-order valence-electron chi connectivity index (χ1n) is 12.4. The van der Waals surface area contributed by atoms with Crippen molar-refractivity contribution in [1.82, 2.24) is 0 Å². The quantitative estimate of drug-likeness (QED) is 0.120. The third kappa shape index (κ3) is 19.8. The smallest absolute Gasteiger partial charge is 0.330 e. The second kappa shape index (κ2) is 21.3. The molecular formula is C24H51O4P. The van der Waals surface area contributed by atoms with E-state index in [-0.39, 0.29) is 0 Å². The molecule has 0 radical (unpaired) electrons. The molecule has 0 heterocycles. The van der Waals surface area contributed by atoms with E-state index in [4.69, 9.17) is 13.8 Å². The van der Waals surface area contributed by atoms with Gasteiger partial charge in [0.25, 0.3) is 0 Å². The number of unbranched alkanes of at least 4 members (excludes halogenated alkanes) is 12. The van der Waals surface area contributed by atoms with Crippen molar-refractivity contribution >= 4 is 7.60 Å². The fourth-order valence-electron chi connectivity index (χ4n) is 3.31. The van der Waals surface area contributed by atoms with Crippen molar-refractivity contribution in [3.05, 3.63) is 0 Å². The predicted octanol–water partition coefficient (Wildman–Crippen LogP) is 8.39. The highest BCUT2D eigenvalue weighted by Crippen LogP contribution is 2.49. The molecule has 5 heteroatoms. The lowest BCUT2D eigenvalue weighted by Gasteiger charge is -2.20. The zero-order valence-electron chi connectivity index (χ0n) is 20.1. The van der Waals surface area contributed by atoms with Crippen LogP contribution in [0.3, 0.4) is 0 Å². The molecule has 0 aliphatic carbocycles. The minimum Gasteiger partial charge on any atom is -0.385 e. The van der Waals surface area contributed by atoms with Crippen molar-refractivity contribution in [2.45, 2.75) is 117 Å². The van der Waals surface area contributed by atoms with Crippen molar-refractivity contribution < 1.29 is 18.3 Å². The molecule has 0 aromatic rings. The van der Waals surface area contributed by atoms with Gasteiger partial charge < -0.3 is 13.8 Å². The van der Waals surface area contributed by atoms with E-state index in [2.05, 4.69) is 20.8 Å². The van der Waals surface area contributed by atoms with E-state index in [0.717, 1.165) is 32.1 Å². The van der Waals surface area contributed by atoms with Gasteiger partial charge in [0.1, 0.15) is 0 Å². The van der Waals surface area contributed by atoms with Gasteiger partial charge in [-0.1, -0.05) is 97.8 Å². The summed E-state index contributed by atoms with van der Waals surface area (Å²) in [5.41, 5.74) is 0. The van der Waals surface area contributed by atoms with Crippen molar-refractivity contribution in [1.29, 1.82) is 0 Å². The maximum atomic E-state index is 13.0. The Bertz CT molecular complexity index is 376. The van der Waals surface area contributed by atoms with Crippen LogP contribution in [-0.4, -0.2) is 33.1 Å². The maximum Gasteiger partial charge on any atom is 0.330 e. The van der Waals surface area contributed by atoms with Gasteiger partial charge in [-0.3, -0.25) is 4.57 Å². The van der Waals surface area contributed by atoms with E-state index in [1.165, 1.54) is 64.2 Å². The number of methoxy groups -OCH3 is 1. The van der Waals surface area contributed by atoms with E-state index >= 15 is 0 Å². The molecular weight excluding hydrogens is 383 g/mol. The molecule has 0 rings (SSSR count). The Morgan fingerprint density at radius 3 is 1.72 bits per heavy atom. The molecule has 0 bridgehead atoms. The fourth-order valence-corrected chi connectivity index (χ4v) is 5.23. The van der Waals surface area contributed by atoms with Crippen molar-refractivity contribution in [3.8, 4) is 0 Å². The second-order valence-corrected chi connectivity index (χ2v) is 10.8. The van der Waals surface area contributed by atoms with Crippen molar-refractivity contribution in [2.75, 3.05) is 33.1 Å². The molecule has 2 atom stereocenters. The van der Waals surface area contributed by atoms with Crippen molar-refractivity contribution in [2.24, 2.45) is 5.92 Å². The molecule has 0 saturated heterocycles. The maximum absolute atomic E-state index is 13.0. The molecule has 0 fully saturated rings. The van der Waals surface area contributed by atoms with Gasteiger partial charge in [-0.05, 0) is 25.2 Å². The van der Waals surface area contributed by atoms with Crippen LogP contribution in [0.1, 0.15) is 117 Å². The van der Waals surface area contributed by atoms with Crippen LogP contribution in [0.5, 0.6) is 0 Å². The normalized spacial score (nSPS) is 14.8. The van der Waals surface area contributed by atoms with Crippen LogP contribution in [0.2, 0.25) is 0 Å². The molecule has 0 spiro atoms. The molecule has 0 aliphatic rings. The van der Waals surface area contributed by atoms with E-state index < -0.39 is 7.60 Å². The Labute approximate surface area is 182 Å². The van der Waals surface area contributed by atoms with Crippen molar-refractivity contribution in [3.63, 3.8) is 0 Å². The van der Waals surface area contributed by atoms with Crippen LogP contribution in [0.25, 0.3) is 0 Å². The lowest BCUT2D eigenvalue weighted by molar-refractivity contribution is 0.144. The van der Waals surface area contributed by atoms with Crippen LogP contribution >= 0.6 is 7.60 Å². The highest BCUT2D eigenvalue weighted by atomic mass is 31.2. The molecule has 0 saturated carbocycles. The first-order valence-corrected chi connectivity index (χ1v) is 14.2. The minimum atomic E-state index is -2.95. The zero-order valence-corrected chi connectivity index (χ0v) is 21.0. The van der Waals surface area contributed by atoms with Crippen LogP contribution in [0.15, 0.2) is 0 Å². The molecule has 176 valence electrons. The summed E-state index contributed by atoms with van der Waals surface area (Å²) in [7, 11) is -1.24. The van der Waals surface area contributed by atoms with Gasteiger partial charge in [0, 0.05) is 13.7 Å². The Balaban J connectivity index is 3.76. The van der Waals surface area contributed by atoms with E-state index in [9.17, 15) is 4.57 Å². The molecule has 0 N–H and O–H groups in total. The van der Waals surface area contributed by atoms with Gasteiger partial charge in [0.2, 0.25) is 0 Å². The Hall–Kier alpha value is 0.110. The molecule has 0 aromatic heterocycles. The van der Waals surface area contributed by atoms with E-state index in [0.29, 0.717) is 31.9 Å². The summed E-state index contributed by atoms with van der Waals surface area (Å²) in [5, 5.41) is 0. The number of rotatable bonds is 23. The molecule has 29 heavy (non-hydrogen) atoms. The van der Waals surface area contributed by atoms with Gasteiger partial charge in [0.05, 0.1) is 19.4 Å². The number of ether oxygens (including phenoxy) is 1. The third-order valence-electron chi connectivity index (χ3n) is 5.44. The van der Waals surface area contributed by atoms with Crippen LogP contribution in [0.4, 0.5) is 0 Å². The van der Waals surface area contributed by atoms with Crippen LogP contribution < -0.4 is 0 Å². The van der Waals surface area contributed by atoms with Gasteiger partial charge in [-0.2, -0.15) is 0 Å². The summed E-state index contributed by atoms with van der Waals surface area (Å²) in [6.07, 6.45) is 19.2.